The molecular formula is C29H34FN3O6S. The minimum absolute atomic E-state index is 0.0357. The smallest absolute Gasteiger partial charge is 0.264 e. The monoisotopic (exact) mass is 571 g/mol. The summed E-state index contributed by atoms with van der Waals surface area (Å²) in [5, 5.41) is 2.78. The Morgan fingerprint density at radius 2 is 1.65 bits per heavy atom. The van der Waals surface area contributed by atoms with Crippen LogP contribution in [0.15, 0.2) is 77.7 Å². The quantitative estimate of drug-likeness (QED) is 0.333. The van der Waals surface area contributed by atoms with Crippen molar-refractivity contribution in [3.63, 3.8) is 0 Å². The predicted molar refractivity (Wildman–Crippen MR) is 150 cm³/mol. The molecule has 0 spiro atoms. The number of carbonyl (C=O) groups excluding carboxylic acids is 2. The summed E-state index contributed by atoms with van der Waals surface area (Å²) < 4.78 is 53.1. The number of sulfonamides is 1. The summed E-state index contributed by atoms with van der Waals surface area (Å²) in [5.74, 6) is -0.930. The number of nitrogens with one attached hydrogen (secondary N) is 1. The molecule has 0 heterocycles. The first kappa shape index (κ1) is 30.4. The average molecular weight is 572 g/mol. The molecule has 0 aliphatic carbocycles. The van der Waals surface area contributed by atoms with Gasteiger partial charge in [0.05, 0.1) is 24.8 Å². The number of anilines is 1. The van der Waals surface area contributed by atoms with Gasteiger partial charge in [-0.15, -0.1) is 0 Å². The highest BCUT2D eigenvalue weighted by molar-refractivity contribution is 7.92. The van der Waals surface area contributed by atoms with E-state index in [1.165, 1.54) is 61.6 Å². The second-order valence-corrected chi connectivity index (χ2v) is 10.8. The summed E-state index contributed by atoms with van der Waals surface area (Å²) in [6.07, 6.45) is 0.698. The van der Waals surface area contributed by atoms with Crippen LogP contribution in [0.1, 0.15) is 25.8 Å². The van der Waals surface area contributed by atoms with Gasteiger partial charge in [-0.1, -0.05) is 37.3 Å². The standard InChI is InChI=1S/C29H34FN3O6S/c1-5-17-31-29(35)21(2)32(19-22-11-13-23(30)14-12-22)28(34)20-33(40(36,37)25-9-7-6-8-10-25)26-18-24(38-3)15-16-27(26)39-4/h6-16,18,21H,5,17,19-20H2,1-4H3,(H,31,35)/t21-/m1/s1. The zero-order valence-electron chi connectivity index (χ0n) is 23.0. The molecule has 0 fully saturated rings. The van der Waals surface area contributed by atoms with Crippen LogP contribution in [0, 0.1) is 5.82 Å². The molecule has 9 nitrogen and oxygen atoms in total. The number of nitrogens with zero attached hydrogens (tertiary/aromatic N) is 2. The number of hydrogen-bond donors (Lipinski definition) is 1. The van der Waals surface area contributed by atoms with E-state index >= 15 is 0 Å². The van der Waals surface area contributed by atoms with E-state index in [1.54, 1.807) is 37.3 Å². The molecule has 2 amide bonds. The minimum Gasteiger partial charge on any atom is -0.497 e. The Morgan fingerprint density at radius 1 is 0.975 bits per heavy atom. The van der Waals surface area contributed by atoms with E-state index in [0.717, 1.165) is 4.31 Å². The molecule has 0 saturated carbocycles. The largest absolute Gasteiger partial charge is 0.497 e. The number of methoxy groups -OCH3 is 2. The van der Waals surface area contributed by atoms with Gasteiger partial charge in [-0.2, -0.15) is 0 Å². The number of halogens is 1. The molecule has 1 atom stereocenters. The van der Waals surface area contributed by atoms with Crippen LogP contribution >= 0.6 is 0 Å². The highest BCUT2D eigenvalue weighted by Gasteiger charge is 2.34. The van der Waals surface area contributed by atoms with Crippen LogP contribution in [-0.4, -0.2) is 58.5 Å². The summed E-state index contributed by atoms with van der Waals surface area (Å²) in [6.45, 7) is 3.19. The van der Waals surface area contributed by atoms with Gasteiger partial charge in [0.25, 0.3) is 10.0 Å². The molecule has 0 bridgehead atoms. The van der Waals surface area contributed by atoms with Gasteiger partial charge in [0.1, 0.15) is 29.9 Å². The van der Waals surface area contributed by atoms with Crippen molar-refractivity contribution < 1.29 is 31.9 Å². The van der Waals surface area contributed by atoms with Gasteiger partial charge in [-0.3, -0.25) is 13.9 Å². The van der Waals surface area contributed by atoms with Gasteiger partial charge in [-0.25, -0.2) is 12.8 Å². The van der Waals surface area contributed by atoms with Crippen molar-refractivity contribution in [1.82, 2.24) is 10.2 Å². The SMILES string of the molecule is CCCNC(=O)[C@@H](C)N(Cc1ccc(F)cc1)C(=O)CN(c1cc(OC)ccc1OC)S(=O)(=O)c1ccccc1. The van der Waals surface area contributed by atoms with Crippen molar-refractivity contribution >= 4 is 27.5 Å². The lowest BCUT2D eigenvalue weighted by molar-refractivity contribution is -0.139. The Morgan fingerprint density at radius 3 is 2.25 bits per heavy atom. The third-order valence-electron chi connectivity index (χ3n) is 6.25. The summed E-state index contributed by atoms with van der Waals surface area (Å²) in [4.78, 5) is 28.1. The first-order valence-corrected chi connectivity index (χ1v) is 14.2. The summed E-state index contributed by atoms with van der Waals surface area (Å²) >= 11 is 0. The van der Waals surface area contributed by atoms with Crippen molar-refractivity contribution in [2.75, 3.05) is 31.6 Å². The minimum atomic E-state index is -4.28. The first-order valence-electron chi connectivity index (χ1n) is 12.7. The molecule has 0 unspecified atom stereocenters. The van der Waals surface area contributed by atoms with Gasteiger partial charge in [0, 0.05) is 19.2 Å². The molecule has 0 aliphatic heterocycles. The number of carbonyl (C=O) groups is 2. The fourth-order valence-electron chi connectivity index (χ4n) is 3.99. The number of rotatable bonds is 13. The molecule has 0 aliphatic rings. The zero-order valence-corrected chi connectivity index (χ0v) is 23.8. The van der Waals surface area contributed by atoms with Gasteiger partial charge in [0.15, 0.2) is 0 Å². The molecule has 214 valence electrons. The normalized spacial score (nSPS) is 11.8. The van der Waals surface area contributed by atoms with Crippen LogP contribution in [-0.2, 0) is 26.2 Å². The lowest BCUT2D eigenvalue weighted by Crippen LogP contribution is -2.51. The molecule has 0 aromatic heterocycles. The van der Waals surface area contributed by atoms with Gasteiger partial charge >= 0.3 is 0 Å². The fraction of sp³-hybridized carbons (Fsp3) is 0.310. The molecule has 3 rings (SSSR count). The topological polar surface area (TPSA) is 105 Å². The maximum atomic E-state index is 13.9. The maximum absolute atomic E-state index is 13.9. The third kappa shape index (κ3) is 7.29. The van der Waals surface area contributed by atoms with Crippen LogP contribution < -0.4 is 19.1 Å². The Kier molecular flexibility index (Phi) is 10.5. The molecule has 40 heavy (non-hydrogen) atoms. The zero-order chi connectivity index (χ0) is 29.3. The van der Waals surface area contributed by atoms with Crippen LogP contribution in [0.2, 0.25) is 0 Å². The highest BCUT2D eigenvalue weighted by Crippen LogP contribution is 2.36. The second kappa shape index (κ2) is 13.8. The van der Waals surface area contributed by atoms with Crippen molar-refractivity contribution in [3.8, 4) is 11.5 Å². The number of amides is 2. The molecule has 1 N–H and O–H groups in total. The molecular weight excluding hydrogens is 537 g/mol. The van der Waals surface area contributed by atoms with Gasteiger partial charge < -0.3 is 19.7 Å². The predicted octanol–water partition coefficient (Wildman–Crippen LogP) is 3.98. The van der Waals surface area contributed by atoms with Crippen LogP contribution in [0.3, 0.4) is 0 Å². The van der Waals surface area contributed by atoms with Crippen molar-refractivity contribution in [3.05, 3.63) is 84.2 Å². The molecule has 11 heteroatoms. The first-order chi connectivity index (χ1) is 19.1. The summed E-state index contributed by atoms with van der Waals surface area (Å²) in [6, 6.07) is 16.9. The van der Waals surface area contributed by atoms with Crippen LogP contribution in [0.4, 0.5) is 10.1 Å². The van der Waals surface area contributed by atoms with Crippen molar-refractivity contribution in [2.45, 2.75) is 37.8 Å². The Bertz CT molecular complexity index is 1400. The van der Waals surface area contributed by atoms with Crippen LogP contribution in [0.25, 0.3) is 0 Å². The highest BCUT2D eigenvalue weighted by atomic mass is 32.2. The van der Waals surface area contributed by atoms with E-state index in [4.69, 9.17) is 9.47 Å². The summed E-state index contributed by atoms with van der Waals surface area (Å²) in [7, 11) is -1.45. The Balaban J connectivity index is 2.09. The number of hydrogen-bond acceptors (Lipinski definition) is 6. The third-order valence-corrected chi connectivity index (χ3v) is 8.02. The van der Waals surface area contributed by atoms with E-state index in [-0.39, 0.29) is 22.9 Å². The summed E-state index contributed by atoms with van der Waals surface area (Å²) in [5.41, 5.74) is 0.658. The maximum Gasteiger partial charge on any atom is 0.264 e. The van der Waals surface area contributed by atoms with Crippen molar-refractivity contribution in [1.29, 1.82) is 0 Å². The van der Waals surface area contributed by atoms with E-state index < -0.39 is 40.2 Å². The van der Waals surface area contributed by atoms with E-state index in [0.29, 0.717) is 24.3 Å². The van der Waals surface area contributed by atoms with E-state index in [2.05, 4.69) is 5.32 Å². The van der Waals surface area contributed by atoms with Gasteiger partial charge in [-0.05, 0) is 55.3 Å². The number of ether oxygens (including phenoxy) is 2. The molecule has 0 radical (unpaired) electrons. The molecule has 0 saturated heterocycles. The van der Waals surface area contributed by atoms with E-state index in [9.17, 15) is 22.4 Å². The lowest BCUT2D eigenvalue weighted by Gasteiger charge is -2.32. The Hall–Kier alpha value is -4.12. The second-order valence-electron chi connectivity index (χ2n) is 8.98. The van der Waals surface area contributed by atoms with Gasteiger partial charge in [0.2, 0.25) is 11.8 Å². The lowest BCUT2D eigenvalue weighted by atomic mass is 10.1. The van der Waals surface area contributed by atoms with E-state index in [1.807, 2.05) is 6.92 Å². The van der Waals surface area contributed by atoms with Crippen LogP contribution in [0.5, 0.6) is 11.5 Å². The fourth-order valence-corrected chi connectivity index (χ4v) is 5.43. The average Bonchev–Trinajstić information content (AvgIpc) is 2.97. The van der Waals surface area contributed by atoms with Crippen molar-refractivity contribution in [2.24, 2.45) is 0 Å². The molecule has 3 aromatic rings. The Labute approximate surface area is 234 Å². The number of benzene rings is 3. The molecule has 3 aromatic carbocycles.